The Bertz CT molecular complexity index is 792. The first-order chi connectivity index (χ1) is 11.6. The van der Waals surface area contributed by atoms with Crippen molar-refractivity contribution < 1.29 is 14.0 Å². The van der Waals surface area contributed by atoms with E-state index in [4.69, 9.17) is 4.42 Å². The number of nitrogens with zero attached hydrogens (tertiary/aromatic N) is 1. The van der Waals surface area contributed by atoms with E-state index < -0.39 is 12.1 Å². The Morgan fingerprint density at radius 3 is 2.75 bits per heavy atom. The molecule has 7 nitrogen and oxygen atoms in total. The van der Waals surface area contributed by atoms with Crippen molar-refractivity contribution >= 4 is 28.7 Å². The third kappa shape index (κ3) is 3.34. The molecule has 3 amide bonds. The van der Waals surface area contributed by atoms with E-state index in [-0.39, 0.29) is 11.9 Å². The number of benzene rings is 1. The molecule has 1 unspecified atom stereocenters. The molecule has 0 radical (unpaired) electrons. The summed E-state index contributed by atoms with van der Waals surface area (Å²) in [6.07, 6.45) is 4.24. The van der Waals surface area contributed by atoms with Gasteiger partial charge in [-0.15, -0.1) is 0 Å². The zero-order valence-corrected chi connectivity index (χ0v) is 13.5. The second kappa shape index (κ2) is 5.81. The van der Waals surface area contributed by atoms with E-state index in [0.29, 0.717) is 5.92 Å². The van der Waals surface area contributed by atoms with Gasteiger partial charge in [-0.1, -0.05) is 0 Å². The topological polar surface area (TPSA) is 96.3 Å². The lowest BCUT2D eigenvalue weighted by molar-refractivity contribution is -0.120. The Morgan fingerprint density at radius 2 is 2.04 bits per heavy atom. The molecule has 2 fully saturated rings. The van der Waals surface area contributed by atoms with Crippen LogP contribution in [-0.2, 0) is 4.79 Å². The summed E-state index contributed by atoms with van der Waals surface area (Å²) in [5.74, 6) is 0.889. The van der Waals surface area contributed by atoms with Gasteiger partial charge in [0.15, 0.2) is 11.5 Å². The summed E-state index contributed by atoms with van der Waals surface area (Å²) in [6, 6.07) is 4.80. The molecule has 1 aromatic heterocycles. The van der Waals surface area contributed by atoms with Crippen LogP contribution in [0.25, 0.3) is 11.1 Å². The maximum Gasteiger partial charge on any atom is 0.321 e. The average molecular weight is 328 g/mol. The normalized spacial score (nSPS) is 18.2. The van der Waals surface area contributed by atoms with Gasteiger partial charge in [0.2, 0.25) is 5.91 Å². The number of fused-ring (bicyclic) bond motifs is 1. The number of imide groups is 1. The van der Waals surface area contributed by atoms with E-state index in [9.17, 15) is 9.59 Å². The monoisotopic (exact) mass is 328 g/mol. The van der Waals surface area contributed by atoms with Crippen LogP contribution in [0, 0.1) is 0 Å². The SMILES string of the molecule is CC(Nc1ccc2oc(C3CC3)nc2c1)C(=O)NC(=O)NC1CC1. The van der Waals surface area contributed by atoms with Crippen LogP contribution < -0.4 is 16.0 Å². The van der Waals surface area contributed by atoms with Gasteiger partial charge in [0.05, 0.1) is 0 Å². The van der Waals surface area contributed by atoms with Crippen molar-refractivity contribution in [2.75, 3.05) is 5.32 Å². The maximum atomic E-state index is 12.1. The summed E-state index contributed by atoms with van der Waals surface area (Å²) >= 11 is 0. The molecule has 7 heteroatoms. The Balaban J connectivity index is 1.38. The highest BCUT2D eigenvalue weighted by atomic mass is 16.3. The summed E-state index contributed by atoms with van der Waals surface area (Å²) < 4.78 is 5.72. The number of rotatable bonds is 5. The lowest BCUT2D eigenvalue weighted by Gasteiger charge is -2.14. The minimum absolute atomic E-state index is 0.219. The molecule has 0 saturated heterocycles. The molecule has 2 aromatic rings. The van der Waals surface area contributed by atoms with E-state index >= 15 is 0 Å². The number of urea groups is 1. The minimum Gasteiger partial charge on any atom is -0.440 e. The van der Waals surface area contributed by atoms with Gasteiger partial charge >= 0.3 is 6.03 Å². The molecule has 1 heterocycles. The zero-order chi connectivity index (χ0) is 16.7. The smallest absolute Gasteiger partial charge is 0.321 e. The number of anilines is 1. The van der Waals surface area contributed by atoms with Gasteiger partial charge in [-0.3, -0.25) is 10.1 Å². The van der Waals surface area contributed by atoms with Crippen LogP contribution in [0.4, 0.5) is 10.5 Å². The van der Waals surface area contributed by atoms with Gasteiger partial charge in [0.1, 0.15) is 11.6 Å². The van der Waals surface area contributed by atoms with E-state index in [1.807, 2.05) is 18.2 Å². The first-order valence-electron chi connectivity index (χ1n) is 8.37. The molecule has 24 heavy (non-hydrogen) atoms. The van der Waals surface area contributed by atoms with Gasteiger partial charge in [-0.2, -0.15) is 0 Å². The average Bonchev–Trinajstić information content (AvgIpc) is 3.46. The van der Waals surface area contributed by atoms with Crippen LogP contribution in [0.3, 0.4) is 0 Å². The largest absolute Gasteiger partial charge is 0.440 e. The van der Waals surface area contributed by atoms with Gasteiger partial charge in [-0.05, 0) is 50.8 Å². The number of hydrogen-bond acceptors (Lipinski definition) is 5. The molecule has 4 rings (SSSR count). The maximum absolute atomic E-state index is 12.1. The number of nitrogens with one attached hydrogen (secondary N) is 3. The molecule has 126 valence electrons. The van der Waals surface area contributed by atoms with Crippen LogP contribution in [0.15, 0.2) is 22.6 Å². The minimum atomic E-state index is -0.540. The highest BCUT2D eigenvalue weighted by molar-refractivity contribution is 5.98. The van der Waals surface area contributed by atoms with E-state index in [2.05, 4.69) is 20.9 Å². The molecule has 2 aliphatic rings. The summed E-state index contributed by atoms with van der Waals surface area (Å²) in [4.78, 5) is 28.2. The Kier molecular flexibility index (Phi) is 3.63. The molecule has 0 aliphatic heterocycles. The molecule has 3 N–H and O–H groups in total. The molecular formula is C17H20N4O3. The van der Waals surface area contributed by atoms with Crippen molar-refractivity contribution in [3.8, 4) is 0 Å². The second-order valence-corrected chi connectivity index (χ2v) is 6.61. The quantitative estimate of drug-likeness (QED) is 0.783. The molecule has 2 aliphatic carbocycles. The molecule has 0 bridgehead atoms. The van der Waals surface area contributed by atoms with Crippen LogP contribution in [0.5, 0.6) is 0 Å². The van der Waals surface area contributed by atoms with Crippen molar-refractivity contribution in [3.63, 3.8) is 0 Å². The zero-order valence-electron chi connectivity index (χ0n) is 13.5. The Hall–Kier alpha value is -2.57. The van der Waals surface area contributed by atoms with Gasteiger partial charge < -0.3 is 15.1 Å². The van der Waals surface area contributed by atoms with Gasteiger partial charge in [0.25, 0.3) is 0 Å². The first-order valence-corrected chi connectivity index (χ1v) is 8.37. The molecule has 0 spiro atoms. The Morgan fingerprint density at radius 1 is 1.25 bits per heavy atom. The van der Waals surface area contributed by atoms with Crippen LogP contribution in [0.2, 0.25) is 0 Å². The lowest BCUT2D eigenvalue weighted by atomic mass is 10.2. The first kappa shape index (κ1) is 15.0. The van der Waals surface area contributed by atoms with Crippen molar-refractivity contribution in [1.82, 2.24) is 15.6 Å². The number of amides is 3. The van der Waals surface area contributed by atoms with E-state index in [1.54, 1.807) is 6.92 Å². The third-order valence-electron chi connectivity index (χ3n) is 4.26. The number of oxazole rings is 1. The number of carbonyl (C=O) groups is 2. The van der Waals surface area contributed by atoms with Crippen LogP contribution >= 0.6 is 0 Å². The van der Waals surface area contributed by atoms with E-state index in [0.717, 1.165) is 48.4 Å². The summed E-state index contributed by atoms with van der Waals surface area (Å²) in [6.45, 7) is 1.71. The van der Waals surface area contributed by atoms with Gasteiger partial charge in [0, 0.05) is 17.6 Å². The molecule has 1 aromatic carbocycles. The van der Waals surface area contributed by atoms with Crippen molar-refractivity contribution in [2.45, 2.75) is 50.6 Å². The number of carbonyl (C=O) groups excluding carboxylic acids is 2. The van der Waals surface area contributed by atoms with Gasteiger partial charge in [-0.25, -0.2) is 9.78 Å². The molecule has 1 atom stereocenters. The predicted octanol–water partition coefficient (Wildman–Crippen LogP) is 2.49. The van der Waals surface area contributed by atoms with E-state index in [1.165, 1.54) is 0 Å². The van der Waals surface area contributed by atoms with Crippen LogP contribution in [-0.4, -0.2) is 29.0 Å². The predicted molar refractivity (Wildman–Crippen MR) is 88.8 cm³/mol. The third-order valence-corrected chi connectivity index (χ3v) is 4.26. The van der Waals surface area contributed by atoms with Crippen LogP contribution in [0.1, 0.15) is 44.4 Å². The fourth-order valence-corrected chi connectivity index (χ4v) is 2.52. The fraction of sp³-hybridized carbons (Fsp3) is 0.471. The fourth-order valence-electron chi connectivity index (χ4n) is 2.52. The number of aromatic nitrogens is 1. The standard InChI is InChI=1S/C17H20N4O3/c1-9(15(22)21-17(23)19-11-4-5-11)18-12-6-7-14-13(8-12)20-16(24-14)10-2-3-10/h6-11,18H,2-5H2,1H3,(H2,19,21,22,23). The summed E-state index contributed by atoms with van der Waals surface area (Å²) in [5.41, 5.74) is 2.30. The van der Waals surface area contributed by atoms with Crippen molar-refractivity contribution in [3.05, 3.63) is 24.1 Å². The number of hydrogen-bond donors (Lipinski definition) is 3. The lowest BCUT2D eigenvalue weighted by Crippen LogP contribution is -2.46. The van der Waals surface area contributed by atoms with Crippen molar-refractivity contribution in [1.29, 1.82) is 0 Å². The van der Waals surface area contributed by atoms with Crippen molar-refractivity contribution in [2.24, 2.45) is 0 Å². The summed E-state index contributed by atoms with van der Waals surface area (Å²) in [5, 5.41) is 8.16. The highest BCUT2D eigenvalue weighted by Crippen LogP contribution is 2.40. The second-order valence-electron chi connectivity index (χ2n) is 6.61. The highest BCUT2D eigenvalue weighted by Gasteiger charge is 2.29. The molecule has 2 saturated carbocycles. The molecular weight excluding hydrogens is 308 g/mol. The Labute approximate surface area is 139 Å². The summed E-state index contributed by atoms with van der Waals surface area (Å²) in [7, 11) is 0.